The van der Waals surface area contributed by atoms with Gasteiger partial charge in [0.2, 0.25) is 0 Å². The Morgan fingerprint density at radius 3 is 0.785 bits per heavy atom. The largest absolute Gasteiger partial charge is 0.462 e. The monoisotopic (exact) mass is 1100 g/mol. The minimum atomic E-state index is -0.778. The summed E-state index contributed by atoms with van der Waals surface area (Å²) in [6.45, 7) is 6.56. The third-order valence-corrected chi connectivity index (χ3v) is 15.2. The van der Waals surface area contributed by atoms with Crippen molar-refractivity contribution in [3.63, 3.8) is 0 Å². The van der Waals surface area contributed by atoms with Gasteiger partial charge in [0.05, 0.1) is 0 Å². The molecule has 0 aromatic rings. The summed E-state index contributed by atoms with van der Waals surface area (Å²) in [6.07, 6.45) is 87.8. The van der Waals surface area contributed by atoms with Crippen LogP contribution in [0.2, 0.25) is 0 Å². The van der Waals surface area contributed by atoms with E-state index in [1.54, 1.807) is 0 Å². The molecule has 0 spiro atoms. The van der Waals surface area contributed by atoms with Gasteiger partial charge >= 0.3 is 17.9 Å². The van der Waals surface area contributed by atoms with Crippen molar-refractivity contribution in [1.82, 2.24) is 0 Å². The highest BCUT2D eigenvalue weighted by atomic mass is 16.6. The summed E-state index contributed by atoms with van der Waals surface area (Å²) in [5.74, 6) is -0.860. The van der Waals surface area contributed by atoms with Gasteiger partial charge in [0.25, 0.3) is 0 Å². The second kappa shape index (κ2) is 67.4. The zero-order valence-corrected chi connectivity index (χ0v) is 52.6. The normalized spacial score (nSPS) is 12.5. The maximum absolute atomic E-state index is 12.9. The second-order valence-corrected chi connectivity index (χ2v) is 23.1. The van der Waals surface area contributed by atoms with Gasteiger partial charge in [-0.15, -0.1) is 0 Å². The molecule has 0 heterocycles. The maximum atomic E-state index is 12.9. The average molecular weight is 1100 g/mol. The molecular formula is C73H130O6. The second-order valence-electron chi connectivity index (χ2n) is 23.1. The van der Waals surface area contributed by atoms with Crippen LogP contribution >= 0.6 is 0 Å². The molecule has 0 saturated heterocycles. The van der Waals surface area contributed by atoms with Crippen molar-refractivity contribution in [2.45, 2.75) is 361 Å². The van der Waals surface area contributed by atoms with Crippen LogP contribution in [0.15, 0.2) is 72.9 Å². The molecular weight excluding hydrogens is 973 g/mol. The van der Waals surface area contributed by atoms with Crippen LogP contribution in [-0.2, 0) is 28.6 Å². The van der Waals surface area contributed by atoms with Gasteiger partial charge < -0.3 is 14.2 Å². The highest BCUT2D eigenvalue weighted by Crippen LogP contribution is 2.18. The third kappa shape index (κ3) is 65.5. The molecule has 0 amide bonds. The molecule has 6 heteroatoms. The Hall–Kier alpha value is -3.15. The van der Waals surface area contributed by atoms with Gasteiger partial charge in [-0.1, -0.05) is 318 Å². The Kier molecular flexibility index (Phi) is 64.7. The maximum Gasteiger partial charge on any atom is 0.306 e. The number of hydrogen-bond acceptors (Lipinski definition) is 6. The Bertz CT molecular complexity index is 1450. The Balaban J connectivity index is 4.23. The molecule has 0 fully saturated rings. The summed E-state index contributed by atoms with van der Waals surface area (Å²) in [4.78, 5) is 38.4. The van der Waals surface area contributed by atoms with Gasteiger partial charge in [0, 0.05) is 19.3 Å². The molecule has 0 saturated carbocycles. The molecule has 6 nitrogen and oxygen atoms in total. The Morgan fingerprint density at radius 2 is 0.494 bits per heavy atom. The molecule has 0 radical (unpaired) electrons. The van der Waals surface area contributed by atoms with E-state index in [-0.39, 0.29) is 31.1 Å². The summed E-state index contributed by atoms with van der Waals surface area (Å²) in [6, 6.07) is 0. The first-order chi connectivity index (χ1) is 39.0. The molecule has 0 aliphatic rings. The van der Waals surface area contributed by atoms with Crippen molar-refractivity contribution in [3.05, 3.63) is 72.9 Å². The fourth-order valence-electron chi connectivity index (χ4n) is 10.1. The predicted octanol–water partition coefficient (Wildman–Crippen LogP) is 23.7. The van der Waals surface area contributed by atoms with Gasteiger partial charge in [-0.3, -0.25) is 14.4 Å². The van der Waals surface area contributed by atoms with Crippen molar-refractivity contribution in [3.8, 4) is 0 Å². The van der Waals surface area contributed by atoms with E-state index in [1.807, 2.05) is 0 Å². The molecule has 0 rings (SSSR count). The molecule has 1 unspecified atom stereocenters. The predicted molar refractivity (Wildman–Crippen MR) is 344 cm³/mol. The lowest BCUT2D eigenvalue weighted by Crippen LogP contribution is -2.30. The van der Waals surface area contributed by atoms with Crippen molar-refractivity contribution < 1.29 is 28.6 Å². The fraction of sp³-hybridized carbons (Fsp3) is 0.795. The molecule has 79 heavy (non-hydrogen) atoms. The van der Waals surface area contributed by atoms with Crippen LogP contribution in [0.3, 0.4) is 0 Å². The van der Waals surface area contributed by atoms with E-state index in [9.17, 15) is 14.4 Å². The van der Waals surface area contributed by atoms with Crippen LogP contribution in [0.25, 0.3) is 0 Å². The molecule has 0 bridgehead atoms. The van der Waals surface area contributed by atoms with Gasteiger partial charge in [-0.25, -0.2) is 0 Å². The average Bonchev–Trinajstić information content (AvgIpc) is 3.45. The molecule has 0 aromatic heterocycles. The van der Waals surface area contributed by atoms with Crippen LogP contribution < -0.4 is 0 Å². The summed E-state index contributed by atoms with van der Waals surface area (Å²) in [7, 11) is 0. The van der Waals surface area contributed by atoms with Crippen LogP contribution in [0, 0.1) is 0 Å². The highest BCUT2D eigenvalue weighted by molar-refractivity contribution is 5.71. The molecule has 0 aromatic carbocycles. The van der Waals surface area contributed by atoms with Gasteiger partial charge in [-0.2, -0.15) is 0 Å². The standard InChI is InChI=1S/C73H130O6/c1-4-7-10-13-16-19-22-25-28-30-32-33-34-35-36-37-38-39-40-41-42-44-45-48-51-54-57-60-63-66-72(75)78-69-70(68-77-71(74)65-62-59-56-53-50-47-27-24-21-18-15-12-9-6-3)79-73(76)67-64-61-58-55-52-49-46-43-31-29-26-23-20-17-14-11-8-5-2/h7,10,16,19-20,23,25,28-29,31-33,70H,4-6,8-9,11-15,17-18,21-22,24,26-27,30,34-69H2,1-3H3/b10-7-,19-16-,23-20-,28-25-,31-29-,33-32-. The van der Waals surface area contributed by atoms with E-state index in [2.05, 4.69) is 93.7 Å². The summed E-state index contributed by atoms with van der Waals surface area (Å²) in [5, 5.41) is 0. The van der Waals surface area contributed by atoms with Crippen LogP contribution in [0.4, 0.5) is 0 Å². The van der Waals surface area contributed by atoms with Crippen LogP contribution in [-0.4, -0.2) is 37.2 Å². The highest BCUT2D eigenvalue weighted by Gasteiger charge is 2.19. The van der Waals surface area contributed by atoms with Crippen molar-refractivity contribution in [2.24, 2.45) is 0 Å². The van der Waals surface area contributed by atoms with E-state index in [4.69, 9.17) is 14.2 Å². The number of carbonyl (C=O) groups is 3. The summed E-state index contributed by atoms with van der Waals surface area (Å²) in [5.41, 5.74) is 0. The molecule has 0 N–H and O–H groups in total. The first kappa shape index (κ1) is 75.8. The van der Waals surface area contributed by atoms with E-state index in [1.165, 1.54) is 218 Å². The first-order valence-corrected chi connectivity index (χ1v) is 34.4. The lowest BCUT2D eigenvalue weighted by atomic mass is 10.0. The molecule has 458 valence electrons. The Morgan fingerprint density at radius 1 is 0.266 bits per heavy atom. The van der Waals surface area contributed by atoms with E-state index < -0.39 is 6.10 Å². The fourth-order valence-corrected chi connectivity index (χ4v) is 10.1. The van der Waals surface area contributed by atoms with Gasteiger partial charge in [0.15, 0.2) is 6.10 Å². The zero-order chi connectivity index (χ0) is 57.1. The zero-order valence-electron chi connectivity index (χ0n) is 52.6. The lowest BCUT2D eigenvalue weighted by molar-refractivity contribution is -0.167. The number of hydrogen-bond donors (Lipinski definition) is 0. The number of allylic oxidation sites excluding steroid dienone is 12. The summed E-state index contributed by atoms with van der Waals surface area (Å²) < 4.78 is 17.0. The number of rotatable bonds is 63. The van der Waals surface area contributed by atoms with Crippen molar-refractivity contribution >= 4 is 17.9 Å². The van der Waals surface area contributed by atoms with E-state index in [0.29, 0.717) is 19.3 Å². The number of esters is 3. The SMILES string of the molecule is CC/C=C\C/C=C\C/C=C\C/C=C\CCCCCCCCCCCCCCCCCCC(=O)OCC(COC(=O)CCCCCCCCCCCCCCCC)OC(=O)CCCCCCCCC/C=C\C/C=C\CCCCCC. The van der Waals surface area contributed by atoms with Gasteiger partial charge in [-0.05, 0) is 89.9 Å². The number of carbonyl (C=O) groups excluding carboxylic acids is 3. The molecule has 0 aliphatic heterocycles. The van der Waals surface area contributed by atoms with E-state index >= 15 is 0 Å². The third-order valence-electron chi connectivity index (χ3n) is 15.2. The van der Waals surface area contributed by atoms with Crippen molar-refractivity contribution in [1.29, 1.82) is 0 Å². The summed E-state index contributed by atoms with van der Waals surface area (Å²) >= 11 is 0. The molecule has 1 atom stereocenters. The lowest BCUT2D eigenvalue weighted by Gasteiger charge is -2.18. The number of ether oxygens (including phenoxy) is 3. The topological polar surface area (TPSA) is 78.9 Å². The van der Waals surface area contributed by atoms with Crippen LogP contribution in [0.1, 0.15) is 355 Å². The quantitative estimate of drug-likeness (QED) is 0.0261. The molecule has 0 aliphatic carbocycles. The van der Waals surface area contributed by atoms with E-state index in [0.717, 1.165) is 96.3 Å². The van der Waals surface area contributed by atoms with Crippen LogP contribution in [0.5, 0.6) is 0 Å². The van der Waals surface area contributed by atoms with Crippen molar-refractivity contribution in [2.75, 3.05) is 13.2 Å². The van der Waals surface area contributed by atoms with Gasteiger partial charge in [0.1, 0.15) is 13.2 Å². The first-order valence-electron chi connectivity index (χ1n) is 34.4. The smallest absolute Gasteiger partial charge is 0.306 e. The minimum absolute atomic E-state index is 0.0733. The number of unbranched alkanes of at least 4 members (excludes halogenated alkanes) is 40. The minimum Gasteiger partial charge on any atom is -0.462 e. The Labute approximate surface area is 491 Å².